The lowest BCUT2D eigenvalue weighted by molar-refractivity contribution is 0.101. The van der Waals surface area contributed by atoms with Gasteiger partial charge in [-0.1, -0.05) is 12.1 Å². The molecule has 20 heavy (non-hydrogen) atoms. The van der Waals surface area contributed by atoms with Gasteiger partial charge in [-0.3, -0.25) is 4.79 Å². The number of benzene rings is 2. The number of carbonyl (C=O) groups is 1. The molecule has 0 unspecified atom stereocenters. The van der Waals surface area contributed by atoms with E-state index in [1.807, 2.05) is 0 Å². The maximum Gasteiger partial charge on any atom is 0.165 e. The number of rotatable bonds is 4. The molecule has 0 saturated heterocycles. The molecular formula is C15H13F2NO2. The van der Waals surface area contributed by atoms with Gasteiger partial charge in [0.05, 0.1) is 5.56 Å². The van der Waals surface area contributed by atoms with E-state index in [0.717, 1.165) is 6.07 Å². The largest absolute Gasteiger partial charge is 0.488 e. The number of nitrogen functional groups attached to an aromatic ring is 1. The summed E-state index contributed by atoms with van der Waals surface area (Å²) in [6.07, 6.45) is 0. The van der Waals surface area contributed by atoms with Crippen LogP contribution in [0.3, 0.4) is 0 Å². The quantitative estimate of drug-likeness (QED) is 0.689. The molecule has 0 heterocycles. The molecule has 0 bridgehead atoms. The van der Waals surface area contributed by atoms with Crippen LogP contribution in [0.1, 0.15) is 22.8 Å². The van der Waals surface area contributed by atoms with E-state index in [0.29, 0.717) is 11.3 Å². The standard InChI is InChI=1S/C15H13F2NO2/c1-9(19)12-7-11(18)5-6-14(12)20-8-10-3-2-4-13(16)15(10)17/h2-7H,8,18H2,1H3. The van der Waals surface area contributed by atoms with Crippen LogP contribution in [0.15, 0.2) is 36.4 Å². The maximum absolute atomic E-state index is 13.5. The molecule has 0 spiro atoms. The molecule has 0 fully saturated rings. The van der Waals surface area contributed by atoms with Crippen LogP contribution >= 0.6 is 0 Å². The molecule has 0 atom stereocenters. The van der Waals surface area contributed by atoms with Crippen LogP contribution in [0.5, 0.6) is 5.75 Å². The Morgan fingerprint density at radius 2 is 2.00 bits per heavy atom. The van der Waals surface area contributed by atoms with Gasteiger partial charge in [-0.15, -0.1) is 0 Å². The van der Waals surface area contributed by atoms with Crippen molar-refractivity contribution < 1.29 is 18.3 Å². The van der Waals surface area contributed by atoms with Crippen molar-refractivity contribution in [3.63, 3.8) is 0 Å². The number of hydrogen-bond acceptors (Lipinski definition) is 3. The highest BCUT2D eigenvalue weighted by Gasteiger charge is 2.12. The highest BCUT2D eigenvalue weighted by Crippen LogP contribution is 2.23. The average Bonchev–Trinajstić information content (AvgIpc) is 2.41. The summed E-state index contributed by atoms with van der Waals surface area (Å²) in [5.41, 5.74) is 6.42. The molecule has 0 aliphatic carbocycles. The third kappa shape index (κ3) is 2.93. The first kappa shape index (κ1) is 14.0. The van der Waals surface area contributed by atoms with Gasteiger partial charge in [-0.2, -0.15) is 0 Å². The fourth-order valence-corrected chi connectivity index (χ4v) is 1.76. The van der Waals surface area contributed by atoms with E-state index in [-0.39, 0.29) is 23.7 Å². The van der Waals surface area contributed by atoms with Crippen molar-refractivity contribution in [2.45, 2.75) is 13.5 Å². The predicted molar refractivity (Wildman–Crippen MR) is 71.5 cm³/mol. The van der Waals surface area contributed by atoms with Gasteiger partial charge in [0.25, 0.3) is 0 Å². The third-order valence-corrected chi connectivity index (χ3v) is 2.80. The molecule has 0 amide bonds. The molecule has 0 aliphatic rings. The van der Waals surface area contributed by atoms with Crippen LogP contribution in [0, 0.1) is 11.6 Å². The zero-order chi connectivity index (χ0) is 14.7. The summed E-state index contributed by atoms with van der Waals surface area (Å²) in [4.78, 5) is 11.5. The molecule has 0 radical (unpaired) electrons. The number of anilines is 1. The predicted octanol–water partition coefficient (Wildman–Crippen LogP) is 3.33. The Morgan fingerprint density at radius 1 is 1.25 bits per heavy atom. The van der Waals surface area contributed by atoms with Crippen molar-refractivity contribution >= 4 is 11.5 Å². The first-order valence-corrected chi connectivity index (χ1v) is 5.95. The second kappa shape index (κ2) is 5.69. The van der Waals surface area contributed by atoms with Gasteiger partial charge in [-0.05, 0) is 31.2 Å². The number of ketones is 1. The lowest BCUT2D eigenvalue weighted by Gasteiger charge is -2.11. The summed E-state index contributed by atoms with van der Waals surface area (Å²) in [7, 11) is 0. The molecule has 0 aromatic heterocycles. The summed E-state index contributed by atoms with van der Waals surface area (Å²) in [5, 5.41) is 0. The van der Waals surface area contributed by atoms with Crippen molar-refractivity contribution in [1.82, 2.24) is 0 Å². The average molecular weight is 277 g/mol. The first-order chi connectivity index (χ1) is 9.49. The van der Waals surface area contributed by atoms with Crippen molar-refractivity contribution in [1.29, 1.82) is 0 Å². The van der Waals surface area contributed by atoms with Gasteiger partial charge in [0.15, 0.2) is 17.4 Å². The van der Waals surface area contributed by atoms with E-state index in [2.05, 4.69) is 0 Å². The molecule has 2 aromatic carbocycles. The Kier molecular flexibility index (Phi) is 3.98. The smallest absolute Gasteiger partial charge is 0.165 e. The van der Waals surface area contributed by atoms with Crippen molar-refractivity contribution in [2.75, 3.05) is 5.73 Å². The fraction of sp³-hybridized carbons (Fsp3) is 0.133. The fourth-order valence-electron chi connectivity index (χ4n) is 1.76. The molecule has 3 nitrogen and oxygen atoms in total. The zero-order valence-electron chi connectivity index (χ0n) is 10.8. The number of hydrogen-bond donors (Lipinski definition) is 1. The van der Waals surface area contributed by atoms with E-state index in [1.165, 1.54) is 31.2 Å². The van der Waals surface area contributed by atoms with Crippen molar-refractivity contribution in [3.8, 4) is 5.75 Å². The van der Waals surface area contributed by atoms with Crippen molar-refractivity contribution in [3.05, 3.63) is 59.2 Å². The van der Waals surface area contributed by atoms with E-state index in [4.69, 9.17) is 10.5 Å². The van der Waals surface area contributed by atoms with E-state index in [9.17, 15) is 13.6 Å². The molecule has 2 N–H and O–H groups in total. The highest BCUT2D eigenvalue weighted by atomic mass is 19.2. The maximum atomic E-state index is 13.5. The summed E-state index contributed by atoms with van der Waals surface area (Å²) in [5.74, 6) is -1.81. The Morgan fingerprint density at radius 3 is 2.70 bits per heavy atom. The summed E-state index contributed by atoms with van der Waals surface area (Å²) in [6, 6.07) is 8.44. The van der Waals surface area contributed by atoms with Crippen molar-refractivity contribution in [2.24, 2.45) is 0 Å². The Labute approximate surface area is 115 Å². The van der Waals surface area contributed by atoms with Gasteiger partial charge in [0.1, 0.15) is 12.4 Å². The summed E-state index contributed by atoms with van der Waals surface area (Å²) < 4.78 is 31.9. The lowest BCUT2D eigenvalue weighted by Crippen LogP contribution is -2.04. The SMILES string of the molecule is CC(=O)c1cc(N)ccc1OCc1cccc(F)c1F. The number of nitrogens with two attached hydrogens (primary N) is 1. The normalized spacial score (nSPS) is 10.3. The molecule has 104 valence electrons. The van der Waals surface area contributed by atoms with E-state index < -0.39 is 11.6 Å². The van der Waals surface area contributed by atoms with Crippen LogP contribution in [0.25, 0.3) is 0 Å². The monoisotopic (exact) mass is 277 g/mol. The van der Waals surface area contributed by atoms with E-state index in [1.54, 1.807) is 6.07 Å². The van der Waals surface area contributed by atoms with Crippen LogP contribution in [-0.2, 0) is 6.61 Å². The minimum Gasteiger partial charge on any atom is -0.488 e. The van der Waals surface area contributed by atoms with Gasteiger partial charge in [0, 0.05) is 11.3 Å². The van der Waals surface area contributed by atoms with Crippen LogP contribution in [-0.4, -0.2) is 5.78 Å². The van der Waals surface area contributed by atoms with Crippen LogP contribution in [0.4, 0.5) is 14.5 Å². The number of ether oxygens (including phenoxy) is 1. The molecular weight excluding hydrogens is 264 g/mol. The molecule has 2 aromatic rings. The van der Waals surface area contributed by atoms with Crippen LogP contribution in [0.2, 0.25) is 0 Å². The molecule has 0 aliphatic heterocycles. The number of Topliss-reactive ketones (excluding diaryl/α,β-unsaturated/α-hetero) is 1. The topological polar surface area (TPSA) is 52.3 Å². The zero-order valence-corrected chi connectivity index (χ0v) is 10.8. The Balaban J connectivity index is 2.23. The van der Waals surface area contributed by atoms with Gasteiger partial charge < -0.3 is 10.5 Å². The second-order valence-corrected chi connectivity index (χ2v) is 4.31. The first-order valence-electron chi connectivity index (χ1n) is 5.95. The number of carbonyl (C=O) groups excluding carboxylic acids is 1. The second-order valence-electron chi connectivity index (χ2n) is 4.31. The van der Waals surface area contributed by atoms with E-state index >= 15 is 0 Å². The van der Waals surface area contributed by atoms with Gasteiger partial charge in [-0.25, -0.2) is 8.78 Å². The molecule has 2 rings (SSSR count). The molecule has 0 saturated carbocycles. The number of halogens is 2. The summed E-state index contributed by atoms with van der Waals surface area (Å²) in [6.45, 7) is 1.21. The van der Waals surface area contributed by atoms with Gasteiger partial charge in [0.2, 0.25) is 0 Å². The molecule has 5 heteroatoms. The lowest BCUT2D eigenvalue weighted by atomic mass is 10.1. The summed E-state index contributed by atoms with van der Waals surface area (Å²) >= 11 is 0. The minimum absolute atomic E-state index is 0.0799. The Hall–Kier alpha value is -2.43. The Bertz CT molecular complexity index is 656. The highest BCUT2D eigenvalue weighted by molar-refractivity contribution is 5.97. The minimum atomic E-state index is -0.952. The third-order valence-electron chi connectivity index (χ3n) is 2.80. The van der Waals surface area contributed by atoms with Crippen LogP contribution < -0.4 is 10.5 Å². The van der Waals surface area contributed by atoms with Gasteiger partial charge >= 0.3 is 0 Å².